The van der Waals surface area contributed by atoms with Gasteiger partial charge in [0.1, 0.15) is 0 Å². The molecule has 2 saturated heterocycles. The van der Waals surface area contributed by atoms with Crippen molar-refractivity contribution < 1.29 is 13.9 Å². The van der Waals surface area contributed by atoms with Crippen LogP contribution in [0.15, 0.2) is 59.2 Å². The van der Waals surface area contributed by atoms with Gasteiger partial charge in [-0.3, -0.25) is 9.69 Å². The third kappa shape index (κ3) is 4.72. The Morgan fingerprint density at radius 1 is 1.14 bits per heavy atom. The molecule has 1 amide bonds. The van der Waals surface area contributed by atoms with E-state index in [0.29, 0.717) is 12.3 Å². The number of piperidine rings is 1. The molecule has 148 valence electrons. The lowest BCUT2D eigenvalue weighted by Gasteiger charge is -2.38. The summed E-state index contributed by atoms with van der Waals surface area (Å²) in [4.78, 5) is 14.5. The lowest BCUT2D eigenvalue weighted by molar-refractivity contribution is -0.0741. The van der Waals surface area contributed by atoms with Gasteiger partial charge in [-0.2, -0.15) is 0 Å². The lowest BCUT2D eigenvalue weighted by Crippen LogP contribution is -2.45. The molecule has 28 heavy (non-hydrogen) atoms. The van der Waals surface area contributed by atoms with E-state index in [2.05, 4.69) is 46.6 Å². The first-order chi connectivity index (χ1) is 13.7. The smallest absolute Gasteiger partial charge is 0.287 e. The van der Waals surface area contributed by atoms with Crippen LogP contribution in [0.3, 0.4) is 0 Å². The SMILES string of the molecule is O=C(NCC1CCC2(CCN(C/C=C/c3ccccc3)CC2)O1)c1ccco1. The van der Waals surface area contributed by atoms with E-state index in [9.17, 15) is 4.79 Å². The average Bonchev–Trinajstić information content (AvgIpc) is 3.40. The fourth-order valence-electron chi connectivity index (χ4n) is 4.15. The fraction of sp³-hybridized carbons (Fsp3) is 0.435. The third-order valence-electron chi connectivity index (χ3n) is 5.81. The van der Waals surface area contributed by atoms with Gasteiger partial charge in [0.15, 0.2) is 5.76 Å². The summed E-state index contributed by atoms with van der Waals surface area (Å²) in [5.74, 6) is 0.180. The van der Waals surface area contributed by atoms with Crippen molar-refractivity contribution in [3.8, 4) is 0 Å². The topological polar surface area (TPSA) is 54.7 Å². The Morgan fingerprint density at radius 2 is 1.96 bits per heavy atom. The highest BCUT2D eigenvalue weighted by molar-refractivity contribution is 5.91. The van der Waals surface area contributed by atoms with Gasteiger partial charge in [-0.1, -0.05) is 42.5 Å². The molecule has 1 atom stereocenters. The van der Waals surface area contributed by atoms with E-state index in [0.717, 1.165) is 45.3 Å². The summed E-state index contributed by atoms with van der Waals surface area (Å²) in [6.07, 6.45) is 10.3. The minimum Gasteiger partial charge on any atom is -0.459 e. The van der Waals surface area contributed by atoms with Crippen molar-refractivity contribution in [3.63, 3.8) is 0 Å². The van der Waals surface area contributed by atoms with Crippen LogP contribution in [0.5, 0.6) is 0 Å². The van der Waals surface area contributed by atoms with Crippen LogP contribution in [-0.4, -0.2) is 48.7 Å². The van der Waals surface area contributed by atoms with E-state index in [4.69, 9.17) is 9.15 Å². The van der Waals surface area contributed by atoms with Gasteiger partial charge in [0.05, 0.1) is 18.0 Å². The summed E-state index contributed by atoms with van der Waals surface area (Å²) in [6.45, 7) is 3.65. The number of carbonyl (C=O) groups is 1. The van der Waals surface area contributed by atoms with Gasteiger partial charge in [0.2, 0.25) is 0 Å². The molecule has 2 aliphatic heterocycles. The summed E-state index contributed by atoms with van der Waals surface area (Å²) in [6, 6.07) is 13.8. The van der Waals surface area contributed by atoms with Crippen molar-refractivity contribution in [3.05, 3.63) is 66.1 Å². The van der Waals surface area contributed by atoms with Gasteiger partial charge in [0, 0.05) is 26.2 Å². The van der Waals surface area contributed by atoms with E-state index in [1.807, 2.05) is 6.07 Å². The molecule has 1 unspecified atom stereocenters. The highest BCUT2D eigenvalue weighted by atomic mass is 16.5. The van der Waals surface area contributed by atoms with Crippen LogP contribution in [-0.2, 0) is 4.74 Å². The number of amides is 1. The normalized spacial score (nSPS) is 22.1. The number of benzene rings is 1. The van der Waals surface area contributed by atoms with Crippen LogP contribution in [0.1, 0.15) is 41.8 Å². The van der Waals surface area contributed by atoms with Crippen molar-refractivity contribution in [2.24, 2.45) is 0 Å². The highest BCUT2D eigenvalue weighted by Crippen LogP contribution is 2.38. The Kier molecular flexibility index (Phi) is 5.93. The second-order valence-electron chi connectivity index (χ2n) is 7.76. The number of nitrogens with one attached hydrogen (secondary N) is 1. The first-order valence-electron chi connectivity index (χ1n) is 10.2. The number of furan rings is 1. The van der Waals surface area contributed by atoms with Crippen LogP contribution in [0.4, 0.5) is 0 Å². The van der Waals surface area contributed by atoms with Gasteiger partial charge < -0.3 is 14.5 Å². The molecule has 0 aliphatic carbocycles. The van der Waals surface area contributed by atoms with Crippen LogP contribution in [0.2, 0.25) is 0 Å². The standard InChI is InChI=1S/C23H28N2O3/c26-22(21-9-5-17-27-21)24-18-20-10-11-23(28-20)12-15-25(16-13-23)14-4-8-19-6-2-1-3-7-19/h1-9,17,20H,10-16,18H2,(H,24,26)/b8-4+. The Balaban J connectivity index is 1.19. The number of ether oxygens (including phenoxy) is 1. The second-order valence-corrected chi connectivity index (χ2v) is 7.76. The Bertz CT molecular complexity index is 777. The average molecular weight is 380 g/mol. The van der Waals surface area contributed by atoms with E-state index < -0.39 is 0 Å². The Morgan fingerprint density at radius 3 is 2.71 bits per heavy atom. The predicted octanol–water partition coefficient (Wildman–Crippen LogP) is 3.74. The minimum absolute atomic E-state index is 0.000277. The molecule has 1 aromatic carbocycles. The van der Waals surface area contributed by atoms with Crippen molar-refractivity contribution in [1.29, 1.82) is 0 Å². The maximum atomic E-state index is 12.0. The number of hydrogen-bond acceptors (Lipinski definition) is 4. The van der Waals surface area contributed by atoms with Crippen molar-refractivity contribution in [2.45, 2.75) is 37.4 Å². The molecule has 1 N–H and O–H groups in total. The molecule has 5 nitrogen and oxygen atoms in total. The van der Waals surface area contributed by atoms with E-state index in [1.54, 1.807) is 12.1 Å². The van der Waals surface area contributed by atoms with Crippen LogP contribution < -0.4 is 5.32 Å². The third-order valence-corrected chi connectivity index (χ3v) is 5.81. The first-order valence-corrected chi connectivity index (χ1v) is 10.2. The maximum absolute atomic E-state index is 12.0. The Hall–Kier alpha value is -2.37. The molecule has 2 aromatic rings. The molecular weight excluding hydrogens is 352 g/mol. The fourth-order valence-corrected chi connectivity index (χ4v) is 4.15. The zero-order chi connectivity index (χ0) is 19.2. The molecule has 0 bridgehead atoms. The zero-order valence-electron chi connectivity index (χ0n) is 16.2. The highest BCUT2D eigenvalue weighted by Gasteiger charge is 2.42. The number of nitrogens with zero attached hydrogens (tertiary/aromatic N) is 1. The van der Waals surface area contributed by atoms with Gasteiger partial charge in [0.25, 0.3) is 5.91 Å². The van der Waals surface area contributed by atoms with Gasteiger partial charge in [-0.25, -0.2) is 0 Å². The first kappa shape index (κ1) is 19.0. The summed E-state index contributed by atoms with van der Waals surface area (Å²) >= 11 is 0. The molecule has 3 heterocycles. The lowest BCUT2D eigenvalue weighted by atomic mass is 9.88. The van der Waals surface area contributed by atoms with Crippen molar-refractivity contribution in [2.75, 3.05) is 26.2 Å². The van der Waals surface area contributed by atoms with Gasteiger partial charge in [-0.15, -0.1) is 0 Å². The molecule has 5 heteroatoms. The molecule has 1 aromatic heterocycles. The van der Waals surface area contributed by atoms with Crippen molar-refractivity contribution >= 4 is 12.0 Å². The van der Waals surface area contributed by atoms with Crippen LogP contribution in [0, 0.1) is 0 Å². The molecular formula is C23H28N2O3. The van der Waals surface area contributed by atoms with E-state index >= 15 is 0 Å². The van der Waals surface area contributed by atoms with Gasteiger partial charge in [-0.05, 0) is 43.4 Å². The number of hydrogen-bond donors (Lipinski definition) is 1. The van der Waals surface area contributed by atoms with E-state index in [1.165, 1.54) is 11.8 Å². The quantitative estimate of drug-likeness (QED) is 0.830. The minimum atomic E-state index is -0.172. The summed E-state index contributed by atoms with van der Waals surface area (Å²) in [7, 11) is 0. The van der Waals surface area contributed by atoms with E-state index in [-0.39, 0.29) is 17.6 Å². The number of carbonyl (C=O) groups excluding carboxylic acids is 1. The molecule has 0 saturated carbocycles. The summed E-state index contributed by atoms with van der Waals surface area (Å²) in [5.41, 5.74) is 1.24. The summed E-state index contributed by atoms with van der Waals surface area (Å²) in [5, 5.41) is 2.92. The molecule has 0 radical (unpaired) electrons. The molecule has 4 rings (SSSR count). The largest absolute Gasteiger partial charge is 0.459 e. The second kappa shape index (κ2) is 8.76. The molecule has 2 aliphatic rings. The number of rotatable bonds is 6. The van der Waals surface area contributed by atoms with Crippen LogP contribution >= 0.6 is 0 Å². The predicted molar refractivity (Wildman–Crippen MR) is 109 cm³/mol. The van der Waals surface area contributed by atoms with Gasteiger partial charge >= 0.3 is 0 Å². The summed E-state index contributed by atoms with van der Waals surface area (Å²) < 4.78 is 11.5. The molecule has 2 fully saturated rings. The zero-order valence-corrected chi connectivity index (χ0v) is 16.2. The molecule has 1 spiro atoms. The maximum Gasteiger partial charge on any atom is 0.287 e. The Labute approximate surface area is 166 Å². The number of likely N-dealkylation sites (tertiary alicyclic amines) is 1. The van der Waals surface area contributed by atoms with Crippen molar-refractivity contribution in [1.82, 2.24) is 10.2 Å². The monoisotopic (exact) mass is 380 g/mol. The van der Waals surface area contributed by atoms with Crippen LogP contribution in [0.25, 0.3) is 6.08 Å².